The maximum Gasteiger partial charge on any atom is 0.271 e. The van der Waals surface area contributed by atoms with E-state index in [1.807, 2.05) is 24.3 Å². The molecule has 2 heterocycles. The minimum Gasteiger partial charge on any atom is -0.508 e. The molecule has 1 N–H and O–H groups in total. The summed E-state index contributed by atoms with van der Waals surface area (Å²) in [5.41, 5.74) is 2.46. The monoisotopic (exact) mass is 368 g/mol. The lowest BCUT2D eigenvalue weighted by atomic mass is 10.1. The van der Waals surface area contributed by atoms with E-state index in [4.69, 9.17) is 12.2 Å². The number of phenols is 1. The van der Waals surface area contributed by atoms with Crippen LogP contribution in [0.3, 0.4) is 0 Å². The minimum atomic E-state index is -0.325. The fourth-order valence-electron chi connectivity index (χ4n) is 2.93. The van der Waals surface area contributed by atoms with Crippen LogP contribution in [0.25, 0.3) is 5.57 Å². The van der Waals surface area contributed by atoms with E-state index in [1.54, 1.807) is 19.2 Å². The van der Waals surface area contributed by atoms with Gasteiger partial charge in [0, 0.05) is 12.6 Å². The molecule has 0 atom stereocenters. The molecular formula is C18H12N2O3S2. The lowest BCUT2D eigenvalue weighted by molar-refractivity contribution is -0.115. The van der Waals surface area contributed by atoms with Gasteiger partial charge in [-0.05, 0) is 30.3 Å². The minimum absolute atomic E-state index is 0.106. The average Bonchev–Trinajstić information content (AvgIpc) is 3.03. The number of thioether (sulfide) groups is 1. The molecule has 0 spiro atoms. The van der Waals surface area contributed by atoms with Gasteiger partial charge < -0.3 is 10.0 Å². The van der Waals surface area contributed by atoms with E-state index >= 15 is 0 Å². The molecular weight excluding hydrogens is 356 g/mol. The van der Waals surface area contributed by atoms with Gasteiger partial charge >= 0.3 is 0 Å². The van der Waals surface area contributed by atoms with E-state index in [-0.39, 0.29) is 17.6 Å². The van der Waals surface area contributed by atoms with Crippen molar-refractivity contribution in [1.82, 2.24) is 0 Å². The Morgan fingerprint density at radius 2 is 1.68 bits per heavy atom. The van der Waals surface area contributed by atoms with Crippen molar-refractivity contribution in [2.75, 3.05) is 16.8 Å². The fraction of sp³-hybridized carbons (Fsp3) is 0.0556. The second kappa shape index (κ2) is 5.72. The Kier molecular flexibility index (Phi) is 3.63. The summed E-state index contributed by atoms with van der Waals surface area (Å²) >= 11 is 6.48. The van der Waals surface area contributed by atoms with Gasteiger partial charge in [-0.1, -0.05) is 42.2 Å². The SMILES string of the molecule is CN1C(=O)/C(=C2\SC(=S)N(c3ccc(O)cc3)C2=O)c2ccccc21. The number of amides is 2. The molecule has 0 saturated carbocycles. The van der Waals surface area contributed by atoms with Crippen LogP contribution in [0.5, 0.6) is 5.75 Å². The Labute approximate surface area is 153 Å². The second-order valence-corrected chi connectivity index (χ2v) is 7.25. The van der Waals surface area contributed by atoms with Crippen LogP contribution in [0.1, 0.15) is 5.56 Å². The van der Waals surface area contributed by atoms with Crippen LogP contribution in [0.4, 0.5) is 11.4 Å². The number of nitrogens with zero attached hydrogens (tertiary/aromatic N) is 2. The summed E-state index contributed by atoms with van der Waals surface area (Å²) in [6.07, 6.45) is 0. The first-order valence-corrected chi connectivity index (χ1v) is 8.68. The number of benzene rings is 2. The van der Waals surface area contributed by atoms with Crippen molar-refractivity contribution in [3.05, 3.63) is 59.0 Å². The van der Waals surface area contributed by atoms with E-state index in [0.717, 1.165) is 23.0 Å². The number of likely N-dealkylation sites (N-methyl/N-ethyl adjacent to an activating group) is 1. The molecule has 0 bridgehead atoms. The maximum atomic E-state index is 13.0. The fourth-order valence-corrected chi connectivity index (χ4v) is 4.30. The molecule has 2 aromatic carbocycles. The summed E-state index contributed by atoms with van der Waals surface area (Å²) in [5.74, 6) is -0.435. The maximum absolute atomic E-state index is 13.0. The zero-order chi connectivity index (χ0) is 17.7. The summed E-state index contributed by atoms with van der Waals surface area (Å²) < 4.78 is 0.359. The summed E-state index contributed by atoms with van der Waals surface area (Å²) in [5, 5.41) is 9.43. The van der Waals surface area contributed by atoms with Gasteiger partial charge in [-0.2, -0.15) is 0 Å². The number of fused-ring (bicyclic) bond motifs is 1. The van der Waals surface area contributed by atoms with Crippen LogP contribution in [0.15, 0.2) is 53.4 Å². The normalized spacial score (nSPS) is 19.8. The Bertz CT molecular complexity index is 967. The highest BCUT2D eigenvalue weighted by Crippen LogP contribution is 2.45. The number of carbonyl (C=O) groups is 2. The first-order chi connectivity index (χ1) is 12.0. The van der Waals surface area contributed by atoms with Gasteiger partial charge in [0.1, 0.15) is 5.75 Å². The van der Waals surface area contributed by atoms with Gasteiger partial charge in [0.25, 0.3) is 11.8 Å². The lowest BCUT2D eigenvalue weighted by Gasteiger charge is -2.14. The first-order valence-electron chi connectivity index (χ1n) is 7.46. The number of carbonyl (C=O) groups excluding carboxylic acids is 2. The first kappa shape index (κ1) is 15.9. The van der Waals surface area contributed by atoms with Crippen LogP contribution < -0.4 is 9.80 Å². The van der Waals surface area contributed by atoms with E-state index in [0.29, 0.717) is 20.5 Å². The molecule has 1 saturated heterocycles. The van der Waals surface area contributed by atoms with Crippen molar-refractivity contribution in [3.63, 3.8) is 0 Å². The third-order valence-corrected chi connectivity index (χ3v) is 5.53. The molecule has 0 aromatic heterocycles. The number of anilines is 2. The van der Waals surface area contributed by atoms with Crippen LogP contribution in [-0.4, -0.2) is 28.3 Å². The molecule has 7 heteroatoms. The molecule has 5 nitrogen and oxygen atoms in total. The second-order valence-electron chi connectivity index (χ2n) is 5.61. The standard InChI is InChI=1S/C18H12N2O3S2/c1-19-13-5-3-2-4-12(13)14(16(19)22)15-17(23)20(18(24)25-15)10-6-8-11(21)9-7-10/h2-9,21H,1H3/b15-14-. The molecule has 0 aliphatic carbocycles. The predicted molar refractivity (Wildman–Crippen MR) is 103 cm³/mol. The number of hydrogen-bond acceptors (Lipinski definition) is 5. The zero-order valence-electron chi connectivity index (χ0n) is 13.1. The Balaban J connectivity index is 1.84. The molecule has 4 rings (SSSR count). The number of hydrogen-bond donors (Lipinski definition) is 1. The number of para-hydroxylation sites is 1. The summed E-state index contributed by atoms with van der Waals surface area (Å²) in [7, 11) is 1.69. The molecule has 2 aliphatic heterocycles. The summed E-state index contributed by atoms with van der Waals surface area (Å²) in [6, 6.07) is 13.6. The number of phenolic OH excluding ortho intramolecular Hbond substituents is 1. The smallest absolute Gasteiger partial charge is 0.271 e. The van der Waals surface area contributed by atoms with Gasteiger partial charge in [-0.25, -0.2) is 0 Å². The van der Waals surface area contributed by atoms with Crippen molar-refractivity contribution in [2.45, 2.75) is 0 Å². The van der Waals surface area contributed by atoms with Gasteiger partial charge in [-0.15, -0.1) is 0 Å². The zero-order valence-corrected chi connectivity index (χ0v) is 14.7. The van der Waals surface area contributed by atoms with E-state index in [2.05, 4.69) is 0 Å². The van der Waals surface area contributed by atoms with E-state index in [1.165, 1.54) is 21.9 Å². The van der Waals surface area contributed by atoms with Crippen LogP contribution in [0.2, 0.25) is 0 Å². The van der Waals surface area contributed by atoms with Crippen molar-refractivity contribution < 1.29 is 14.7 Å². The van der Waals surface area contributed by atoms with Gasteiger partial charge in [0.2, 0.25) is 0 Å². The Hall–Kier alpha value is -2.64. The predicted octanol–water partition coefficient (Wildman–Crippen LogP) is 3.14. The van der Waals surface area contributed by atoms with E-state index in [9.17, 15) is 14.7 Å². The van der Waals surface area contributed by atoms with Crippen molar-refractivity contribution >= 4 is 57.1 Å². The number of aromatic hydroxyl groups is 1. The summed E-state index contributed by atoms with van der Waals surface area (Å²) in [6.45, 7) is 0. The lowest BCUT2D eigenvalue weighted by Crippen LogP contribution is -2.28. The van der Waals surface area contributed by atoms with Crippen LogP contribution in [0, 0.1) is 0 Å². The van der Waals surface area contributed by atoms with Gasteiger partial charge in [0.15, 0.2) is 4.32 Å². The van der Waals surface area contributed by atoms with Crippen molar-refractivity contribution in [1.29, 1.82) is 0 Å². The Morgan fingerprint density at radius 1 is 1.00 bits per heavy atom. The topological polar surface area (TPSA) is 60.9 Å². The molecule has 124 valence electrons. The highest BCUT2D eigenvalue weighted by Gasteiger charge is 2.41. The highest BCUT2D eigenvalue weighted by atomic mass is 32.2. The molecule has 1 fully saturated rings. The molecule has 25 heavy (non-hydrogen) atoms. The molecule has 2 amide bonds. The van der Waals surface area contributed by atoms with Gasteiger partial charge in [0.05, 0.1) is 21.9 Å². The highest BCUT2D eigenvalue weighted by molar-refractivity contribution is 8.27. The molecule has 0 unspecified atom stereocenters. The third kappa shape index (κ3) is 2.35. The average molecular weight is 368 g/mol. The molecule has 2 aliphatic rings. The summed E-state index contributed by atoms with van der Waals surface area (Å²) in [4.78, 5) is 28.9. The van der Waals surface area contributed by atoms with Crippen molar-refractivity contribution in [2.24, 2.45) is 0 Å². The van der Waals surface area contributed by atoms with E-state index < -0.39 is 0 Å². The van der Waals surface area contributed by atoms with Crippen molar-refractivity contribution in [3.8, 4) is 5.75 Å². The Morgan fingerprint density at radius 3 is 2.40 bits per heavy atom. The third-order valence-electron chi connectivity index (χ3n) is 4.16. The quantitative estimate of drug-likeness (QED) is 0.619. The molecule has 2 aromatic rings. The van der Waals surface area contributed by atoms with Gasteiger partial charge in [-0.3, -0.25) is 14.5 Å². The van der Waals surface area contributed by atoms with Crippen LogP contribution in [-0.2, 0) is 9.59 Å². The number of thiocarbonyl (C=S) groups is 1. The largest absolute Gasteiger partial charge is 0.508 e. The molecule has 0 radical (unpaired) electrons. The van der Waals surface area contributed by atoms with Crippen LogP contribution >= 0.6 is 24.0 Å². The number of rotatable bonds is 1.